The van der Waals surface area contributed by atoms with E-state index in [1.165, 1.54) is 33.0 Å². The molecular weight excluding hydrogens is 230 g/mol. The summed E-state index contributed by atoms with van der Waals surface area (Å²) >= 11 is 0. The minimum absolute atomic E-state index is 0.158. The Kier molecular flexibility index (Phi) is 4.97. The molecule has 5 nitrogen and oxygen atoms in total. The smallest absolute Gasteiger partial charge is 0.322 e. The maximum absolute atomic E-state index is 11.5. The van der Waals surface area contributed by atoms with E-state index in [0.717, 1.165) is 32.1 Å². The fraction of sp³-hybridized carbons (Fsp3) is 0.923. The van der Waals surface area contributed by atoms with E-state index >= 15 is 0 Å². The Morgan fingerprint density at radius 2 is 2.00 bits per heavy atom. The lowest BCUT2D eigenvalue weighted by Crippen LogP contribution is -2.48. The van der Waals surface area contributed by atoms with Gasteiger partial charge in [-0.3, -0.25) is 9.69 Å². The topological polar surface area (TPSA) is 44.8 Å². The fourth-order valence-electron chi connectivity index (χ4n) is 2.63. The number of nitrogens with zero attached hydrogens (tertiary/aromatic N) is 2. The highest BCUT2D eigenvalue weighted by molar-refractivity contribution is 5.75. The van der Waals surface area contributed by atoms with Gasteiger partial charge in [0, 0.05) is 38.8 Å². The molecule has 1 atom stereocenters. The Labute approximate surface area is 109 Å². The Hall–Kier alpha value is -0.650. The average molecular weight is 255 g/mol. The molecule has 1 N–H and O–H groups in total. The van der Waals surface area contributed by atoms with Gasteiger partial charge in [0.05, 0.1) is 7.11 Å². The molecule has 2 fully saturated rings. The van der Waals surface area contributed by atoms with Gasteiger partial charge in [-0.25, -0.2) is 0 Å². The van der Waals surface area contributed by atoms with Crippen LogP contribution in [-0.2, 0) is 9.53 Å². The second-order valence-corrected chi connectivity index (χ2v) is 5.26. The summed E-state index contributed by atoms with van der Waals surface area (Å²) in [5.41, 5.74) is 0. The van der Waals surface area contributed by atoms with Crippen LogP contribution in [0.2, 0.25) is 0 Å². The molecule has 2 rings (SSSR count). The number of hydrogen-bond acceptors (Lipinski definition) is 5. The van der Waals surface area contributed by atoms with Gasteiger partial charge in [0.15, 0.2) is 0 Å². The third-order valence-electron chi connectivity index (χ3n) is 4.04. The Morgan fingerprint density at radius 3 is 2.50 bits per heavy atom. The third-order valence-corrected chi connectivity index (χ3v) is 4.04. The minimum atomic E-state index is -0.170. The van der Waals surface area contributed by atoms with Crippen LogP contribution >= 0.6 is 0 Å². The van der Waals surface area contributed by atoms with Crippen molar-refractivity contribution in [1.29, 1.82) is 0 Å². The second kappa shape index (κ2) is 6.50. The number of hydrogen-bond donors (Lipinski definition) is 1. The third kappa shape index (κ3) is 3.67. The van der Waals surface area contributed by atoms with Gasteiger partial charge in [0.1, 0.15) is 6.04 Å². The highest BCUT2D eigenvalue weighted by Crippen LogP contribution is 2.27. The summed E-state index contributed by atoms with van der Waals surface area (Å²) in [6.45, 7) is 5.61. The summed E-state index contributed by atoms with van der Waals surface area (Å²) in [6, 6.07) is 0.712. The lowest BCUT2D eigenvalue weighted by Gasteiger charge is -2.35. The molecule has 1 saturated carbocycles. The number of carbonyl (C=O) groups is 1. The molecule has 1 unspecified atom stereocenters. The van der Waals surface area contributed by atoms with Gasteiger partial charge in [-0.15, -0.1) is 0 Å². The van der Waals surface area contributed by atoms with E-state index in [1.54, 1.807) is 0 Å². The van der Waals surface area contributed by atoms with Crippen molar-refractivity contribution in [2.45, 2.75) is 31.3 Å². The molecule has 0 radical (unpaired) electrons. The monoisotopic (exact) mass is 255 g/mol. The average Bonchev–Trinajstić information content (AvgIpc) is 3.24. The van der Waals surface area contributed by atoms with E-state index < -0.39 is 0 Å². The van der Waals surface area contributed by atoms with Gasteiger partial charge in [0.2, 0.25) is 0 Å². The van der Waals surface area contributed by atoms with Crippen molar-refractivity contribution >= 4 is 5.97 Å². The number of rotatable bonds is 6. The van der Waals surface area contributed by atoms with Gasteiger partial charge in [-0.2, -0.15) is 0 Å². The van der Waals surface area contributed by atoms with Crippen LogP contribution in [0.4, 0.5) is 0 Å². The molecule has 1 heterocycles. The predicted octanol–water partition coefficient (Wildman–Crippen LogP) is -0.0825. The van der Waals surface area contributed by atoms with Crippen LogP contribution in [0.1, 0.15) is 19.3 Å². The Balaban J connectivity index is 1.65. The predicted molar refractivity (Wildman–Crippen MR) is 70.5 cm³/mol. The van der Waals surface area contributed by atoms with Crippen molar-refractivity contribution in [2.24, 2.45) is 0 Å². The molecule has 18 heavy (non-hydrogen) atoms. The van der Waals surface area contributed by atoms with Crippen LogP contribution < -0.4 is 5.32 Å². The van der Waals surface area contributed by atoms with Gasteiger partial charge >= 0.3 is 5.97 Å². The summed E-state index contributed by atoms with van der Waals surface area (Å²) in [6.07, 6.45) is 3.61. The van der Waals surface area contributed by atoms with Gasteiger partial charge in [0.25, 0.3) is 0 Å². The SMILES string of the molecule is CNC(CCN1CCN(C2CC2)CC1)C(=O)OC. The first-order valence-electron chi connectivity index (χ1n) is 6.96. The highest BCUT2D eigenvalue weighted by Gasteiger charge is 2.31. The molecule has 0 aromatic rings. The van der Waals surface area contributed by atoms with E-state index in [-0.39, 0.29) is 12.0 Å². The van der Waals surface area contributed by atoms with E-state index in [1.807, 2.05) is 7.05 Å². The van der Waals surface area contributed by atoms with Crippen molar-refractivity contribution in [1.82, 2.24) is 15.1 Å². The summed E-state index contributed by atoms with van der Waals surface area (Å²) in [4.78, 5) is 16.5. The van der Waals surface area contributed by atoms with E-state index in [0.29, 0.717) is 0 Å². The first kappa shape index (κ1) is 13.8. The first-order valence-corrected chi connectivity index (χ1v) is 6.96. The maximum Gasteiger partial charge on any atom is 0.322 e. The van der Waals surface area contributed by atoms with Gasteiger partial charge in [-0.05, 0) is 26.3 Å². The van der Waals surface area contributed by atoms with Crippen molar-refractivity contribution in [2.75, 3.05) is 46.9 Å². The summed E-state index contributed by atoms with van der Waals surface area (Å²) in [5.74, 6) is -0.158. The van der Waals surface area contributed by atoms with Crippen LogP contribution in [-0.4, -0.2) is 74.7 Å². The van der Waals surface area contributed by atoms with E-state index in [4.69, 9.17) is 4.74 Å². The zero-order valence-electron chi connectivity index (χ0n) is 11.5. The molecule has 0 aromatic heterocycles. The molecule has 1 saturated heterocycles. The second-order valence-electron chi connectivity index (χ2n) is 5.26. The molecule has 0 bridgehead atoms. The van der Waals surface area contributed by atoms with Crippen LogP contribution in [0, 0.1) is 0 Å². The highest BCUT2D eigenvalue weighted by atomic mass is 16.5. The lowest BCUT2D eigenvalue weighted by molar-refractivity contribution is -0.143. The number of likely N-dealkylation sites (N-methyl/N-ethyl adjacent to an activating group) is 1. The number of methoxy groups -OCH3 is 1. The minimum Gasteiger partial charge on any atom is -0.468 e. The van der Waals surface area contributed by atoms with Crippen LogP contribution in [0.25, 0.3) is 0 Å². The molecule has 104 valence electrons. The maximum atomic E-state index is 11.5. The standard InChI is InChI=1S/C13H25N3O2/c1-14-12(13(17)18-2)5-6-15-7-9-16(10-8-15)11-3-4-11/h11-12,14H,3-10H2,1-2H3. The molecule has 1 aliphatic carbocycles. The molecular formula is C13H25N3O2. The quantitative estimate of drug-likeness (QED) is 0.673. The summed E-state index contributed by atoms with van der Waals surface area (Å²) < 4.78 is 4.77. The van der Waals surface area contributed by atoms with Crippen LogP contribution in [0.3, 0.4) is 0 Å². The molecule has 5 heteroatoms. The van der Waals surface area contributed by atoms with Gasteiger partial charge < -0.3 is 15.0 Å². The van der Waals surface area contributed by atoms with Gasteiger partial charge in [-0.1, -0.05) is 0 Å². The van der Waals surface area contributed by atoms with Crippen molar-refractivity contribution in [3.8, 4) is 0 Å². The normalized spacial score (nSPS) is 23.9. The number of piperazine rings is 1. The number of esters is 1. The number of nitrogens with one attached hydrogen (secondary N) is 1. The number of carbonyl (C=O) groups excluding carboxylic acids is 1. The Bertz CT molecular complexity index is 273. The Morgan fingerprint density at radius 1 is 1.33 bits per heavy atom. The first-order chi connectivity index (χ1) is 8.74. The number of ether oxygens (including phenoxy) is 1. The van der Waals surface area contributed by atoms with Crippen LogP contribution in [0.15, 0.2) is 0 Å². The molecule has 0 amide bonds. The fourth-order valence-corrected chi connectivity index (χ4v) is 2.63. The van der Waals surface area contributed by atoms with E-state index in [2.05, 4.69) is 15.1 Å². The van der Waals surface area contributed by atoms with E-state index in [9.17, 15) is 4.79 Å². The van der Waals surface area contributed by atoms with Crippen LogP contribution in [0.5, 0.6) is 0 Å². The zero-order chi connectivity index (χ0) is 13.0. The van der Waals surface area contributed by atoms with Crippen molar-refractivity contribution in [3.05, 3.63) is 0 Å². The summed E-state index contributed by atoms with van der Waals surface area (Å²) in [7, 11) is 3.26. The van der Waals surface area contributed by atoms with Crippen molar-refractivity contribution in [3.63, 3.8) is 0 Å². The summed E-state index contributed by atoms with van der Waals surface area (Å²) in [5, 5.41) is 3.02. The molecule has 2 aliphatic rings. The van der Waals surface area contributed by atoms with Crippen molar-refractivity contribution < 1.29 is 9.53 Å². The zero-order valence-corrected chi connectivity index (χ0v) is 11.5. The molecule has 0 spiro atoms. The molecule has 0 aromatic carbocycles. The molecule has 1 aliphatic heterocycles. The largest absolute Gasteiger partial charge is 0.468 e. The lowest BCUT2D eigenvalue weighted by atomic mass is 10.2.